The largest absolute Gasteiger partial charge is 0.378 e. The van der Waals surface area contributed by atoms with Gasteiger partial charge in [0.25, 0.3) is 5.78 Å². The van der Waals surface area contributed by atoms with Crippen LogP contribution in [0.15, 0.2) is 12.4 Å². The Bertz CT molecular complexity index is 602. The van der Waals surface area contributed by atoms with Gasteiger partial charge in [-0.1, -0.05) is 6.42 Å². The van der Waals surface area contributed by atoms with Gasteiger partial charge < -0.3 is 9.64 Å². The molecule has 21 heavy (non-hydrogen) atoms. The Morgan fingerprint density at radius 2 is 2.33 bits per heavy atom. The number of anilines is 1. The highest BCUT2D eigenvalue weighted by Gasteiger charge is 2.21. The first-order valence-corrected chi connectivity index (χ1v) is 8.57. The fourth-order valence-electron chi connectivity index (χ4n) is 2.79. The van der Waals surface area contributed by atoms with Gasteiger partial charge in [-0.25, -0.2) is 4.98 Å². The highest BCUT2D eigenvalue weighted by Crippen LogP contribution is 2.25. The quantitative estimate of drug-likeness (QED) is 0.861. The molecule has 1 atom stereocenters. The molecule has 0 spiro atoms. The third-order valence-corrected chi connectivity index (χ3v) is 4.92. The lowest BCUT2D eigenvalue weighted by Gasteiger charge is -2.26. The number of thioether (sulfide) groups is 1. The molecule has 0 aromatic carbocycles. The van der Waals surface area contributed by atoms with Crippen molar-refractivity contribution in [1.29, 1.82) is 0 Å². The predicted octanol–water partition coefficient (Wildman–Crippen LogP) is 1.99. The summed E-state index contributed by atoms with van der Waals surface area (Å²) in [6, 6.07) is 2.08. The highest BCUT2D eigenvalue weighted by atomic mass is 32.2. The van der Waals surface area contributed by atoms with Gasteiger partial charge in [0.2, 0.25) is 0 Å². The van der Waals surface area contributed by atoms with E-state index in [2.05, 4.69) is 32.3 Å². The highest BCUT2D eigenvalue weighted by molar-refractivity contribution is 7.99. The van der Waals surface area contributed by atoms with E-state index in [1.165, 1.54) is 19.3 Å². The smallest absolute Gasteiger partial charge is 0.254 e. The molecule has 3 heterocycles. The molecule has 1 fully saturated rings. The molecule has 1 aliphatic heterocycles. The molecule has 2 aromatic heterocycles. The number of rotatable bonds is 4. The molecular formula is C14H21N5OS. The normalized spacial score (nSPS) is 19.9. The van der Waals surface area contributed by atoms with Crippen LogP contribution in [0.4, 0.5) is 5.82 Å². The molecule has 1 unspecified atom stereocenters. The lowest BCUT2D eigenvalue weighted by Crippen LogP contribution is -2.31. The summed E-state index contributed by atoms with van der Waals surface area (Å²) in [4.78, 5) is 11.1. The first-order chi connectivity index (χ1) is 10.3. The fraction of sp³-hybridized carbons (Fsp3) is 0.643. The molecule has 0 aliphatic carbocycles. The maximum absolute atomic E-state index is 5.22. The summed E-state index contributed by atoms with van der Waals surface area (Å²) >= 11 is 1.95. The lowest BCUT2D eigenvalue weighted by molar-refractivity contribution is 0.181. The van der Waals surface area contributed by atoms with Crippen molar-refractivity contribution in [2.24, 2.45) is 0 Å². The average Bonchev–Trinajstić information content (AvgIpc) is 2.83. The number of methoxy groups -OCH3 is 1. The van der Waals surface area contributed by atoms with E-state index in [4.69, 9.17) is 4.74 Å². The second-order valence-electron chi connectivity index (χ2n) is 5.31. The number of ether oxygens (including phenoxy) is 1. The summed E-state index contributed by atoms with van der Waals surface area (Å²) in [5, 5.41) is 5.00. The van der Waals surface area contributed by atoms with Crippen molar-refractivity contribution in [3.05, 3.63) is 18.1 Å². The monoisotopic (exact) mass is 307 g/mol. The van der Waals surface area contributed by atoms with Crippen molar-refractivity contribution in [3.8, 4) is 0 Å². The van der Waals surface area contributed by atoms with Gasteiger partial charge in [-0.2, -0.15) is 26.4 Å². The Labute approximate surface area is 128 Å². The molecule has 0 bridgehead atoms. The first-order valence-electron chi connectivity index (χ1n) is 7.28. The minimum atomic E-state index is 0.496. The Morgan fingerprint density at radius 1 is 1.43 bits per heavy atom. The van der Waals surface area contributed by atoms with Crippen molar-refractivity contribution in [2.75, 3.05) is 31.4 Å². The summed E-state index contributed by atoms with van der Waals surface area (Å²) in [6.45, 7) is 2.60. The maximum Gasteiger partial charge on any atom is 0.254 e. The second kappa shape index (κ2) is 6.62. The van der Waals surface area contributed by atoms with Crippen LogP contribution in [0.3, 0.4) is 0 Å². The van der Waals surface area contributed by atoms with Gasteiger partial charge in [0.15, 0.2) is 0 Å². The van der Waals surface area contributed by atoms with Crippen LogP contribution >= 0.6 is 11.8 Å². The zero-order valence-electron chi connectivity index (χ0n) is 12.5. The van der Waals surface area contributed by atoms with Gasteiger partial charge in [0.1, 0.15) is 12.1 Å². The van der Waals surface area contributed by atoms with Gasteiger partial charge >= 0.3 is 0 Å². The van der Waals surface area contributed by atoms with Crippen LogP contribution in [0.1, 0.15) is 25.0 Å². The molecule has 0 N–H and O–H groups in total. The van der Waals surface area contributed by atoms with E-state index in [1.54, 1.807) is 13.4 Å². The molecule has 1 saturated heterocycles. The van der Waals surface area contributed by atoms with E-state index < -0.39 is 0 Å². The van der Waals surface area contributed by atoms with Gasteiger partial charge in [-0.15, -0.1) is 0 Å². The summed E-state index contributed by atoms with van der Waals surface area (Å²) in [5.74, 6) is 1.72. The SMILES string of the molecule is COCc1cc(N2CCCCC(SC)C2)n2ncnc2n1. The van der Waals surface area contributed by atoms with Crippen LogP contribution in [0.2, 0.25) is 0 Å². The number of aromatic nitrogens is 4. The van der Waals surface area contributed by atoms with Crippen LogP contribution in [-0.2, 0) is 11.3 Å². The van der Waals surface area contributed by atoms with Crippen molar-refractivity contribution in [3.63, 3.8) is 0 Å². The standard InChI is InChI=1S/C14H21N5OS/c1-20-9-11-7-13(19-14(17-11)15-10-16-19)18-6-4-3-5-12(8-18)21-2/h7,10,12H,3-6,8-9H2,1-2H3. The van der Waals surface area contributed by atoms with E-state index in [9.17, 15) is 0 Å². The minimum Gasteiger partial charge on any atom is -0.378 e. The van der Waals surface area contributed by atoms with Crippen molar-refractivity contribution in [1.82, 2.24) is 19.6 Å². The van der Waals surface area contributed by atoms with Crippen LogP contribution in [0, 0.1) is 0 Å². The van der Waals surface area contributed by atoms with E-state index in [1.807, 2.05) is 16.3 Å². The molecular weight excluding hydrogens is 286 g/mol. The van der Waals surface area contributed by atoms with E-state index in [-0.39, 0.29) is 0 Å². The minimum absolute atomic E-state index is 0.496. The summed E-state index contributed by atoms with van der Waals surface area (Å²) in [5.41, 5.74) is 0.901. The molecule has 0 saturated carbocycles. The molecule has 2 aromatic rings. The zero-order chi connectivity index (χ0) is 14.7. The van der Waals surface area contributed by atoms with Gasteiger partial charge in [-0.05, 0) is 19.1 Å². The van der Waals surface area contributed by atoms with Crippen molar-refractivity contribution < 1.29 is 4.74 Å². The molecule has 3 rings (SSSR count). The third kappa shape index (κ3) is 3.13. The molecule has 1 aliphatic rings. The van der Waals surface area contributed by atoms with Crippen LogP contribution in [-0.4, -0.2) is 51.3 Å². The molecule has 0 amide bonds. The van der Waals surface area contributed by atoms with E-state index in [0.29, 0.717) is 17.6 Å². The van der Waals surface area contributed by atoms with Crippen LogP contribution in [0.5, 0.6) is 0 Å². The van der Waals surface area contributed by atoms with E-state index in [0.717, 1.165) is 24.6 Å². The van der Waals surface area contributed by atoms with E-state index >= 15 is 0 Å². The first kappa shape index (κ1) is 14.6. The molecule has 0 radical (unpaired) electrons. The van der Waals surface area contributed by atoms with Crippen LogP contribution in [0.25, 0.3) is 5.78 Å². The Balaban J connectivity index is 1.98. The average molecular weight is 307 g/mol. The summed E-state index contributed by atoms with van der Waals surface area (Å²) in [6.07, 6.45) is 7.55. The predicted molar refractivity (Wildman–Crippen MR) is 84.9 cm³/mol. The zero-order valence-corrected chi connectivity index (χ0v) is 13.3. The molecule has 6 nitrogen and oxygen atoms in total. The Kier molecular flexibility index (Phi) is 4.60. The van der Waals surface area contributed by atoms with Crippen molar-refractivity contribution >= 4 is 23.4 Å². The summed E-state index contributed by atoms with van der Waals surface area (Å²) in [7, 11) is 1.69. The Hall–Kier alpha value is -1.34. The van der Waals surface area contributed by atoms with Crippen LogP contribution < -0.4 is 4.90 Å². The van der Waals surface area contributed by atoms with Gasteiger partial charge in [-0.3, -0.25) is 0 Å². The molecule has 114 valence electrons. The number of fused-ring (bicyclic) bond motifs is 1. The summed E-state index contributed by atoms with van der Waals surface area (Å²) < 4.78 is 7.06. The third-order valence-electron chi connectivity index (χ3n) is 3.86. The number of hydrogen-bond donors (Lipinski definition) is 0. The fourth-order valence-corrected chi connectivity index (χ4v) is 3.53. The number of nitrogens with zero attached hydrogens (tertiary/aromatic N) is 5. The van der Waals surface area contributed by atoms with Crippen molar-refractivity contribution in [2.45, 2.75) is 31.1 Å². The maximum atomic E-state index is 5.22. The topological polar surface area (TPSA) is 55.6 Å². The Morgan fingerprint density at radius 3 is 3.14 bits per heavy atom. The lowest BCUT2D eigenvalue weighted by atomic mass is 10.2. The molecule has 7 heteroatoms. The van der Waals surface area contributed by atoms with Gasteiger partial charge in [0, 0.05) is 31.5 Å². The van der Waals surface area contributed by atoms with Gasteiger partial charge in [0.05, 0.1) is 12.3 Å². The number of hydrogen-bond acceptors (Lipinski definition) is 6. The second-order valence-corrected chi connectivity index (χ2v) is 6.45.